The summed E-state index contributed by atoms with van der Waals surface area (Å²) in [5, 5.41) is 10.2. The van der Waals surface area contributed by atoms with Crippen LogP contribution >= 0.6 is 0 Å². The van der Waals surface area contributed by atoms with E-state index < -0.39 is 0 Å². The van der Waals surface area contributed by atoms with Crippen LogP contribution in [0.4, 0.5) is 11.6 Å². The predicted octanol–water partition coefficient (Wildman–Crippen LogP) is 2.53. The molecule has 0 aromatic carbocycles. The highest BCUT2D eigenvalue weighted by molar-refractivity contribution is 5.73. The molecule has 1 fully saturated rings. The Bertz CT molecular complexity index is 1190. The molecular formula is C22H24N8O. The summed E-state index contributed by atoms with van der Waals surface area (Å²) >= 11 is 0. The zero-order valence-electron chi connectivity index (χ0n) is 17.3. The molecule has 0 aliphatic carbocycles. The zero-order chi connectivity index (χ0) is 21.2. The summed E-state index contributed by atoms with van der Waals surface area (Å²) in [7, 11) is 0. The summed E-state index contributed by atoms with van der Waals surface area (Å²) < 4.78 is 1.99. The van der Waals surface area contributed by atoms with Gasteiger partial charge in [0.15, 0.2) is 5.82 Å². The predicted molar refractivity (Wildman–Crippen MR) is 118 cm³/mol. The smallest absolute Gasteiger partial charge is 0.219 e. The molecule has 1 aliphatic heterocycles. The number of hydrogen-bond acceptors (Lipinski definition) is 6. The number of amides is 1. The van der Waals surface area contributed by atoms with E-state index in [1.807, 2.05) is 52.3 Å². The second kappa shape index (κ2) is 8.19. The van der Waals surface area contributed by atoms with E-state index in [0.717, 1.165) is 61.1 Å². The van der Waals surface area contributed by atoms with Gasteiger partial charge in [-0.15, -0.1) is 0 Å². The van der Waals surface area contributed by atoms with Crippen LogP contribution in [-0.2, 0) is 11.3 Å². The van der Waals surface area contributed by atoms with Crippen molar-refractivity contribution < 1.29 is 4.79 Å². The van der Waals surface area contributed by atoms with Gasteiger partial charge in [-0.1, -0.05) is 0 Å². The number of nitrogens with zero attached hydrogens (tertiary/aromatic N) is 6. The molecule has 0 atom stereocenters. The van der Waals surface area contributed by atoms with Crippen molar-refractivity contribution >= 4 is 23.2 Å². The Morgan fingerprint density at radius 2 is 1.97 bits per heavy atom. The first-order valence-corrected chi connectivity index (χ1v) is 10.3. The summed E-state index contributed by atoms with van der Waals surface area (Å²) in [4.78, 5) is 24.9. The standard InChI is InChI=1S/C22H24N8O/c1-16(31)29-8-6-28(7-9-29)13-17-4-5-23-20(10-17)26-21-15-30-14-18(2-3-22(30)27-21)19-11-24-25-12-19/h2-5,10-12,14-15H,6-9,13H2,1H3,(H,23,26)(H,24,25). The van der Waals surface area contributed by atoms with Crippen molar-refractivity contribution in [1.29, 1.82) is 0 Å². The first-order valence-electron chi connectivity index (χ1n) is 10.3. The number of H-pyrrole nitrogens is 1. The van der Waals surface area contributed by atoms with Gasteiger partial charge in [0.05, 0.1) is 12.4 Å². The van der Waals surface area contributed by atoms with Crippen LogP contribution in [0.5, 0.6) is 0 Å². The van der Waals surface area contributed by atoms with Gasteiger partial charge in [0.25, 0.3) is 0 Å². The molecule has 4 aromatic rings. The quantitative estimate of drug-likeness (QED) is 0.519. The fourth-order valence-corrected chi connectivity index (χ4v) is 3.88. The minimum atomic E-state index is 0.152. The highest BCUT2D eigenvalue weighted by Crippen LogP contribution is 2.21. The number of aromatic amines is 1. The lowest BCUT2D eigenvalue weighted by Gasteiger charge is -2.34. The Kier molecular flexibility index (Phi) is 5.09. The molecular weight excluding hydrogens is 392 g/mol. The Balaban J connectivity index is 1.27. The fraction of sp³-hybridized carbons (Fsp3) is 0.273. The van der Waals surface area contributed by atoms with Crippen molar-refractivity contribution in [2.75, 3.05) is 31.5 Å². The van der Waals surface area contributed by atoms with E-state index in [9.17, 15) is 4.79 Å². The maximum absolute atomic E-state index is 11.5. The molecule has 158 valence electrons. The van der Waals surface area contributed by atoms with Crippen molar-refractivity contribution in [2.45, 2.75) is 13.5 Å². The molecule has 0 bridgehead atoms. The monoisotopic (exact) mass is 416 g/mol. The lowest BCUT2D eigenvalue weighted by Crippen LogP contribution is -2.47. The molecule has 5 rings (SSSR count). The highest BCUT2D eigenvalue weighted by Gasteiger charge is 2.18. The zero-order valence-corrected chi connectivity index (χ0v) is 17.3. The Morgan fingerprint density at radius 3 is 2.74 bits per heavy atom. The minimum absolute atomic E-state index is 0.152. The fourth-order valence-electron chi connectivity index (χ4n) is 3.88. The van der Waals surface area contributed by atoms with Crippen LogP contribution in [0.25, 0.3) is 16.8 Å². The number of imidazole rings is 1. The van der Waals surface area contributed by atoms with E-state index >= 15 is 0 Å². The average Bonchev–Trinajstić information content (AvgIpc) is 3.43. The van der Waals surface area contributed by atoms with E-state index in [2.05, 4.69) is 36.4 Å². The number of pyridine rings is 2. The lowest BCUT2D eigenvalue weighted by molar-refractivity contribution is -0.130. The summed E-state index contributed by atoms with van der Waals surface area (Å²) in [5.41, 5.74) is 4.13. The Morgan fingerprint density at radius 1 is 1.10 bits per heavy atom. The topological polar surface area (TPSA) is 94.5 Å². The van der Waals surface area contributed by atoms with Crippen molar-refractivity contribution in [3.8, 4) is 11.1 Å². The van der Waals surface area contributed by atoms with E-state index in [4.69, 9.17) is 0 Å². The van der Waals surface area contributed by atoms with E-state index in [0.29, 0.717) is 0 Å². The number of piperazine rings is 1. The lowest BCUT2D eigenvalue weighted by atomic mass is 10.2. The van der Waals surface area contributed by atoms with Gasteiger partial charge < -0.3 is 14.6 Å². The van der Waals surface area contributed by atoms with Crippen LogP contribution in [0.3, 0.4) is 0 Å². The molecule has 1 amide bonds. The van der Waals surface area contributed by atoms with E-state index in [1.54, 1.807) is 13.1 Å². The maximum atomic E-state index is 11.5. The molecule has 0 saturated carbocycles. The molecule has 2 N–H and O–H groups in total. The SMILES string of the molecule is CC(=O)N1CCN(Cc2ccnc(Nc3cn4cc(-c5cn[nH]c5)ccc4n3)c2)CC1. The van der Waals surface area contributed by atoms with E-state index in [-0.39, 0.29) is 5.91 Å². The summed E-state index contributed by atoms with van der Waals surface area (Å²) in [6.07, 6.45) is 9.47. The van der Waals surface area contributed by atoms with Crippen molar-refractivity contribution in [3.05, 3.63) is 60.8 Å². The van der Waals surface area contributed by atoms with Crippen LogP contribution in [0, 0.1) is 0 Å². The normalized spacial score (nSPS) is 14.8. The number of fused-ring (bicyclic) bond motifs is 1. The van der Waals surface area contributed by atoms with Crippen LogP contribution in [0.2, 0.25) is 0 Å². The van der Waals surface area contributed by atoms with E-state index in [1.165, 1.54) is 5.56 Å². The van der Waals surface area contributed by atoms with Crippen molar-refractivity contribution in [3.63, 3.8) is 0 Å². The highest BCUT2D eigenvalue weighted by atomic mass is 16.2. The number of nitrogens with one attached hydrogen (secondary N) is 2. The second-order valence-corrected chi connectivity index (χ2v) is 7.75. The average molecular weight is 416 g/mol. The maximum Gasteiger partial charge on any atom is 0.219 e. The van der Waals surface area contributed by atoms with Crippen LogP contribution in [0.1, 0.15) is 12.5 Å². The molecule has 31 heavy (non-hydrogen) atoms. The number of aromatic nitrogens is 5. The first kappa shape index (κ1) is 19.3. The third kappa shape index (κ3) is 4.26. The molecule has 1 saturated heterocycles. The van der Waals surface area contributed by atoms with Crippen LogP contribution in [0.15, 0.2) is 55.2 Å². The van der Waals surface area contributed by atoms with Gasteiger partial charge in [0, 0.05) is 69.4 Å². The number of rotatable bonds is 5. The van der Waals surface area contributed by atoms with Crippen LogP contribution in [-0.4, -0.2) is 66.5 Å². The number of carbonyl (C=O) groups excluding carboxylic acids is 1. The van der Waals surface area contributed by atoms with Gasteiger partial charge in [-0.25, -0.2) is 9.97 Å². The molecule has 5 heterocycles. The Labute approximate surface area is 179 Å². The Hall–Kier alpha value is -3.72. The van der Waals surface area contributed by atoms with Gasteiger partial charge in [0.1, 0.15) is 11.5 Å². The second-order valence-electron chi connectivity index (χ2n) is 7.75. The van der Waals surface area contributed by atoms with Gasteiger partial charge in [-0.2, -0.15) is 5.10 Å². The largest absolute Gasteiger partial charge is 0.340 e. The summed E-state index contributed by atoms with van der Waals surface area (Å²) in [5.74, 6) is 1.65. The number of anilines is 2. The third-order valence-corrected chi connectivity index (χ3v) is 5.59. The van der Waals surface area contributed by atoms with Gasteiger partial charge >= 0.3 is 0 Å². The first-order chi connectivity index (χ1) is 15.1. The molecule has 4 aromatic heterocycles. The van der Waals surface area contributed by atoms with Gasteiger partial charge in [-0.05, 0) is 29.8 Å². The minimum Gasteiger partial charge on any atom is -0.340 e. The number of carbonyl (C=O) groups is 1. The van der Waals surface area contributed by atoms with Crippen molar-refractivity contribution in [1.82, 2.24) is 34.4 Å². The summed E-state index contributed by atoms with van der Waals surface area (Å²) in [6.45, 7) is 5.81. The van der Waals surface area contributed by atoms with Crippen molar-refractivity contribution in [2.24, 2.45) is 0 Å². The van der Waals surface area contributed by atoms with Crippen LogP contribution < -0.4 is 5.32 Å². The van der Waals surface area contributed by atoms with Gasteiger partial charge in [0.2, 0.25) is 5.91 Å². The van der Waals surface area contributed by atoms with Gasteiger partial charge in [-0.3, -0.25) is 14.8 Å². The molecule has 1 aliphatic rings. The third-order valence-electron chi connectivity index (χ3n) is 5.59. The summed E-state index contributed by atoms with van der Waals surface area (Å²) in [6, 6.07) is 8.10. The molecule has 0 unspecified atom stereocenters. The molecule has 0 spiro atoms. The number of hydrogen-bond donors (Lipinski definition) is 2. The molecule has 9 heteroatoms. The molecule has 0 radical (unpaired) electrons. The molecule has 9 nitrogen and oxygen atoms in total.